The van der Waals surface area contributed by atoms with Crippen molar-refractivity contribution in [2.75, 3.05) is 31.1 Å². The van der Waals surface area contributed by atoms with E-state index in [4.69, 9.17) is 11.6 Å². The highest BCUT2D eigenvalue weighted by atomic mass is 35.5. The van der Waals surface area contributed by atoms with Crippen LogP contribution in [-0.4, -0.2) is 49.1 Å². The number of aryl methyl sites for hydroxylation is 2. The van der Waals surface area contributed by atoms with E-state index in [1.54, 1.807) is 24.3 Å². The summed E-state index contributed by atoms with van der Waals surface area (Å²) in [6.45, 7) is 6.13. The number of halogens is 1. The Morgan fingerprint density at radius 3 is 2.22 bits per heavy atom. The van der Waals surface area contributed by atoms with Crippen LogP contribution in [0.2, 0.25) is 5.02 Å². The first-order chi connectivity index (χ1) is 10.9. The van der Waals surface area contributed by atoms with E-state index in [-0.39, 0.29) is 4.90 Å². The third kappa shape index (κ3) is 3.08. The smallest absolute Gasteiger partial charge is 0.243 e. The van der Waals surface area contributed by atoms with Crippen LogP contribution in [0.15, 0.2) is 29.2 Å². The molecule has 1 fully saturated rings. The molecule has 3 rings (SSSR count). The molecular formula is C15H19ClN4O2S. The van der Waals surface area contributed by atoms with Crippen LogP contribution in [0.1, 0.15) is 11.4 Å². The summed E-state index contributed by atoms with van der Waals surface area (Å²) >= 11 is 5.83. The molecule has 1 aliphatic rings. The fraction of sp³-hybridized carbons (Fsp3) is 0.400. The number of piperazine rings is 1. The molecule has 1 N–H and O–H groups in total. The second-order valence-corrected chi connectivity index (χ2v) is 8.00. The van der Waals surface area contributed by atoms with Crippen molar-refractivity contribution in [3.63, 3.8) is 0 Å². The molecule has 1 aliphatic heterocycles. The molecule has 8 heteroatoms. The Morgan fingerprint density at radius 2 is 1.70 bits per heavy atom. The maximum Gasteiger partial charge on any atom is 0.243 e. The minimum atomic E-state index is -3.47. The highest BCUT2D eigenvalue weighted by molar-refractivity contribution is 7.89. The highest BCUT2D eigenvalue weighted by Crippen LogP contribution is 2.25. The minimum absolute atomic E-state index is 0.283. The lowest BCUT2D eigenvalue weighted by atomic mass is 10.2. The summed E-state index contributed by atoms with van der Waals surface area (Å²) in [6, 6.07) is 6.30. The molecule has 0 bridgehead atoms. The van der Waals surface area contributed by atoms with Gasteiger partial charge < -0.3 is 4.90 Å². The maximum absolute atomic E-state index is 12.7. The van der Waals surface area contributed by atoms with E-state index in [0.29, 0.717) is 31.2 Å². The van der Waals surface area contributed by atoms with Crippen molar-refractivity contribution in [1.82, 2.24) is 14.5 Å². The van der Waals surface area contributed by atoms with Crippen molar-refractivity contribution in [2.24, 2.45) is 0 Å². The Morgan fingerprint density at radius 1 is 1.09 bits per heavy atom. The number of hydrogen-bond acceptors (Lipinski definition) is 4. The van der Waals surface area contributed by atoms with E-state index in [1.165, 1.54) is 4.31 Å². The topological polar surface area (TPSA) is 69.3 Å². The average Bonchev–Trinajstić information content (AvgIpc) is 2.87. The van der Waals surface area contributed by atoms with Crippen molar-refractivity contribution in [3.8, 4) is 0 Å². The van der Waals surface area contributed by atoms with Crippen LogP contribution >= 0.6 is 11.6 Å². The molecule has 0 radical (unpaired) electrons. The zero-order valence-corrected chi connectivity index (χ0v) is 14.7. The highest BCUT2D eigenvalue weighted by Gasteiger charge is 2.29. The van der Waals surface area contributed by atoms with E-state index >= 15 is 0 Å². The fourth-order valence-corrected chi connectivity index (χ4v) is 4.47. The summed E-state index contributed by atoms with van der Waals surface area (Å²) in [5.41, 5.74) is 3.03. The standard InChI is InChI=1S/C15H19ClN4O2S/c1-11-15(12(2)18-17-11)19-7-9-20(10-8-19)23(21,22)14-5-3-13(16)4-6-14/h3-6H,7-10H2,1-2H3,(H,17,18). The molecule has 0 spiro atoms. The van der Waals surface area contributed by atoms with Gasteiger partial charge in [-0.1, -0.05) is 11.6 Å². The largest absolute Gasteiger partial charge is 0.366 e. The van der Waals surface area contributed by atoms with Crippen molar-refractivity contribution in [1.29, 1.82) is 0 Å². The molecule has 0 atom stereocenters. The van der Waals surface area contributed by atoms with E-state index in [2.05, 4.69) is 15.1 Å². The van der Waals surface area contributed by atoms with Crippen molar-refractivity contribution in [2.45, 2.75) is 18.7 Å². The van der Waals surface area contributed by atoms with Gasteiger partial charge in [0, 0.05) is 31.2 Å². The SMILES string of the molecule is Cc1n[nH]c(C)c1N1CCN(S(=O)(=O)c2ccc(Cl)cc2)CC1. The van der Waals surface area contributed by atoms with Gasteiger partial charge in [0.15, 0.2) is 0 Å². The molecule has 1 saturated heterocycles. The Hall–Kier alpha value is -1.57. The van der Waals surface area contributed by atoms with Crippen molar-refractivity contribution in [3.05, 3.63) is 40.7 Å². The van der Waals surface area contributed by atoms with Gasteiger partial charge in [0.25, 0.3) is 0 Å². The summed E-state index contributed by atoms with van der Waals surface area (Å²) in [5, 5.41) is 7.70. The van der Waals surface area contributed by atoms with Gasteiger partial charge in [0.05, 0.1) is 22.0 Å². The Kier molecular flexibility index (Phi) is 4.35. The lowest BCUT2D eigenvalue weighted by molar-refractivity contribution is 0.384. The number of H-pyrrole nitrogens is 1. The Labute approximate surface area is 141 Å². The third-order valence-electron chi connectivity index (χ3n) is 4.10. The van der Waals surface area contributed by atoms with Crippen LogP contribution in [-0.2, 0) is 10.0 Å². The van der Waals surface area contributed by atoms with Gasteiger partial charge in [-0.05, 0) is 38.1 Å². The third-order valence-corrected chi connectivity index (χ3v) is 6.26. The number of anilines is 1. The molecule has 23 heavy (non-hydrogen) atoms. The van der Waals surface area contributed by atoms with Gasteiger partial charge in [0.1, 0.15) is 0 Å². The second kappa shape index (κ2) is 6.14. The summed E-state index contributed by atoms with van der Waals surface area (Å²) in [5.74, 6) is 0. The summed E-state index contributed by atoms with van der Waals surface area (Å²) < 4.78 is 26.9. The molecule has 124 valence electrons. The van der Waals surface area contributed by atoms with Gasteiger partial charge >= 0.3 is 0 Å². The molecule has 1 aromatic heterocycles. The summed E-state index contributed by atoms with van der Waals surface area (Å²) in [7, 11) is -3.47. The van der Waals surface area contributed by atoms with Crippen molar-refractivity contribution >= 4 is 27.3 Å². The number of rotatable bonds is 3. The number of hydrogen-bond donors (Lipinski definition) is 1. The first-order valence-electron chi connectivity index (χ1n) is 7.42. The van der Waals surface area contributed by atoms with Gasteiger partial charge in [-0.15, -0.1) is 0 Å². The number of aromatic nitrogens is 2. The molecule has 6 nitrogen and oxygen atoms in total. The van der Waals surface area contributed by atoms with Crippen molar-refractivity contribution < 1.29 is 8.42 Å². The van der Waals surface area contributed by atoms with Crippen LogP contribution in [0, 0.1) is 13.8 Å². The second-order valence-electron chi connectivity index (χ2n) is 5.63. The van der Waals surface area contributed by atoms with Gasteiger partial charge in [-0.2, -0.15) is 9.40 Å². The monoisotopic (exact) mass is 354 g/mol. The van der Waals surface area contributed by atoms with E-state index in [0.717, 1.165) is 17.1 Å². The first-order valence-corrected chi connectivity index (χ1v) is 9.23. The first kappa shape index (κ1) is 16.3. The van der Waals surface area contributed by atoms with Crippen LogP contribution in [0.3, 0.4) is 0 Å². The number of nitrogens with one attached hydrogen (secondary N) is 1. The Bertz CT molecular complexity index is 774. The molecule has 2 aromatic rings. The van der Waals surface area contributed by atoms with Crippen LogP contribution in [0.4, 0.5) is 5.69 Å². The van der Waals surface area contributed by atoms with E-state index in [9.17, 15) is 8.42 Å². The fourth-order valence-electron chi connectivity index (χ4n) is 2.92. The number of sulfonamides is 1. The van der Waals surface area contributed by atoms with E-state index < -0.39 is 10.0 Å². The minimum Gasteiger partial charge on any atom is -0.366 e. The predicted molar refractivity (Wildman–Crippen MR) is 90.5 cm³/mol. The molecule has 0 amide bonds. The van der Waals surface area contributed by atoms with Gasteiger partial charge in [0.2, 0.25) is 10.0 Å². The van der Waals surface area contributed by atoms with E-state index in [1.807, 2.05) is 13.8 Å². The van der Waals surface area contributed by atoms with Gasteiger partial charge in [-0.3, -0.25) is 5.10 Å². The lowest BCUT2D eigenvalue weighted by Gasteiger charge is -2.35. The molecule has 1 aromatic carbocycles. The average molecular weight is 355 g/mol. The molecule has 0 aliphatic carbocycles. The molecule has 0 saturated carbocycles. The molecule has 2 heterocycles. The van der Waals surface area contributed by atoms with Crippen LogP contribution < -0.4 is 4.90 Å². The summed E-state index contributed by atoms with van der Waals surface area (Å²) in [4.78, 5) is 2.47. The van der Waals surface area contributed by atoms with Crippen LogP contribution in [0.25, 0.3) is 0 Å². The summed E-state index contributed by atoms with van der Waals surface area (Å²) in [6.07, 6.45) is 0. The van der Waals surface area contributed by atoms with Crippen LogP contribution in [0.5, 0.6) is 0 Å². The van der Waals surface area contributed by atoms with Gasteiger partial charge in [-0.25, -0.2) is 8.42 Å². The number of nitrogens with zero attached hydrogens (tertiary/aromatic N) is 3. The lowest BCUT2D eigenvalue weighted by Crippen LogP contribution is -2.48. The molecular weight excluding hydrogens is 336 g/mol. The quantitative estimate of drug-likeness (QED) is 0.917. The Balaban J connectivity index is 1.75. The maximum atomic E-state index is 12.7. The zero-order chi connectivity index (χ0) is 16.6. The zero-order valence-electron chi connectivity index (χ0n) is 13.1. The predicted octanol–water partition coefficient (Wildman–Crippen LogP) is 2.19. The normalized spacial score (nSPS) is 16.7. The number of benzene rings is 1. The molecule has 0 unspecified atom stereocenters. The number of aromatic amines is 1.